The predicted octanol–water partition coefficient (Wildman–Crippen LogP) is 2.98. The minimum atomic E-state index is -0.566. The van der Waals surface area contributed by atoms with Gasteiger partial charge in [0.2, 0.25) is 0 Å². The summed E-state index contributed by atoms with van der Waals surface area (Å²) in [4.78, 5) is 20.9. The lowest BCUT2D eigenvalue weighted by Crippen LogP contribution is -2.51. The van der Waals surface area contributed by atoms with E-state index in [-0.39, 0.29) is 22.4 Å². The maximum Gasteiger partial charge on any atom is 0.199 e. The second kappa shape index (κ2) is 8.65. The van der Waals surface area contributed by atoms with Crippen molar-refractivity contribution in [1.82, 2.24) is 14.5 Å². The van der Waals surface area contributed by atoms with Crippen LogP contribution in [-0.2, 0) is 0 Å². The van der Waals surface area contributed by atoms with E-state index < -0.39 is 11.7 Å². The van der Waals surface area contributed by atoms with Gasteiger partial charge < -0.3 is 24.1 Å². The molecule has 1 N–H and O–H groups in total. The summed E-state index contributed by atoms with van der Waals surface area (Å²) in [7, 11) is 13.1. The number of piperazine rings is 1. The molecule has 1 aliphatic rings. The Balaban J connectivity index is 1.83. The van der Waals surface area contributed by atoms with E-state index in [9.17, 15) is 10.1 Å². The van der Waals surface area contributed by atoms with Gasteiger partial charge in [0, 0.05) is 43.1 Å². The molecule has 0 atom stereocenters. The number of nitrogens with one attached hydrogen (secondary N) is 1. The smallest absolute Gasteiger partial charge is 0.199 e. The van der Waals surface area contributed by atoms with Crippen molar-refractivity contribution in [3.8, 4) is 11.8 Å². The standard InChI is InChI=1S/C25H24B2FN5O2/c1-13(2)33-21-16(23(34)19-15-5-4-14(12-29)10-17(15)30-24(19)33)11-18(35-3)22(20(21)28)31-6-8-32(9-7-31)25(26)27/h4-5,10-11,13,25,30H,6-9H2,1-3H3. The second-order valence-electron chi connectivity index (χ2n) is 9.16. The number of benzene rings is 2. The Bertz CT molecular complexity index is 1560. The fourth-order valence-electron chi connectivity index (χ4n) is 5.14. The molecule has 1 aliphatic heterocycles. The molecule has 0 aliphatic carbocycles. The highest BCUT2D eigenvalue weighted by atomic mass is 19.1. The highest BCUT2D eigenvalue weighted by Crippen LogP contribution is 2.39. The molecule has 1 fully saturated rings. The van der Waals surface area contributed by atoms with E-state index in [4.69, 9.17) is 20.4 Å². The fraction of sp³-hybridized carbons (Fsp3) is 0.360. The maximum absolute atomic E-state index is 16.5. The number of nitrogens with zero attached hydrogens (tertiary/aromatic N) is 4. The number of nitriles is 1. The van der Waals surface area contributed by atoms with E-state index in [0.29, 0.717) is 65.1 Å². The summed E-state index contributed by atoms with van der Waals surface area (Å²) in [6.45, 7) is 6.08. The molecular weight excluding hydrogens is 443 g/mol. The Kier molecular flexibility index (Phi) is 5.76. The van der Waals surface area contributed by atoms with Gasteiger partial charge >= 0.3 is 0 Å². The molecule has 0 spiro atoms. The summed E-state index contributed by atoms with van der Waals surface area (Å²) >= 11 is 0. The van der Waals surface area contributed by atoms with Gasteiger partial charge in [0.25, 0.3) is 0 Å². The Labute approximate surface area is 204 Å². The Morgan fingerprint density at radius 3 is 2.46 bits per heavy atom. The third-order valence-corrected chi connectivity index (χ3v) is 6.83. The number of hydrogen-bond donors (Lipinski definition) is 1. The number of H-pyrrole nitrogens is 1. The number of ether oxygens (including phenoxy) is 1. The zero-order valence-corrected chi connectivity index (χ0v) is 19.9. The molecule has 10 heteroatoms. The number of aromatic amines is 1. The molecular formula is C25H24B2FN5O2. The lowest BCUT2D eigenvalue weighted by Gasteiger charge is -2.39. The van der Waals surface area contributed by atoms with Gasteiger partial charge in [0.1, 0.15) is 17.1 Å². The zero-order valence-electron chi connectivity index (χ0n) is 19.9. The van der Waals surface area contributed by atoms with Crippen LogP contribution in [0.25, 0.3) is 32.8 Å². The molecule has 2 aromatic heterocycles. The summed E-state index contributed by atoms with van der Waals surface area (Å²) in [5.41, 5.74) is 1.91. The van der Waals surface area contributed by atoms with Gasteiger partial charge in [-0.2, -0.15) is 5.26 Å². The number of pyridine rings is 1. The average molecular weight is 467 g/mol. The van der Waals surface area contributed by atoms with Crippen LogP contribution in [0.1, 0.15) is 25.5 Å². The van der Waals surface area contributed by atoms with E-state index in [1.54, 1.807) is 24.3 Å². The molecule has 4 aromatic rings. The molecule has 0 unspecified atom stereocenters. The van der Waals surface area contributed by atoms with Gasteiger partial charge in [0.15, 0.2) is 11.2 Å². The molecule has 0 bridgehead atoms. The van der Waals surface area contributed by atoms with Crippen LogP contribution in [0.2, 0.25) is 0 Å². The number of methoxy groups -OCH3 is 1. The molecule has 1 saturated heterocycles. The number of halogens is 1. The third-order valence-electron chi connectivity index (χ3n) is 6.83. The number of rotatable bonds is 4. The molecule has 2 aromatic carbocycles. The van der Waals surface area contributed by atoms with E-state index >= 15 is 4.39 Å². The first-order valence-corrected chi connectivity index (χ1v) is 11.6. The summed E-state index contributed by atoms with van der Waals surface area (Å²) in [5.74, 6) is -0.767. The minimum Gasteiger partial charge on any atom is -0.494 e. The molecule has 4 radical (unpaired) electrons. The number of fused-ring (bicyclic) bond motifs is 4. The molecule has 35 heavy (non-hydrogen) atoms. The van der Waals surface area contributed by atoms with Crippen molar-refractivity contribution in [2.24, 2.45) is 0 Å². The number of hydrogen-bond acceptors (Lipinski definition) is 5. The van der Waals surface area contributed by atoms with Crippen molar-refractivity contribution in [3.63, 3.8) is 0 Å². The van der Waals surface area contributed by atoms with Gasteiger partial charge in [0.05, 0.1) is 50.7 Å². The van der Waals surface area contributed by atoms with Crippen molar-refractivity contribution in [2.45, 2.75) is 25.7 Å². The topological polar surface area (TPSA) is 77.3 Å². The lowest BCUT2D eigenvalue weighted by molar-refractivity contribution is 0.276. The first-order valence-electron chi connectivity index (χ1n) is 11.6. The van der Waals surface area contributed by atoms with Crippen LogP contribution in [0.3, 0.4) is 0 Å². The van der Waals surface area contributed by atoms with Crippen LogP contribution in [-0.4, -0.2) is 69.3 Å². The van der Waals surface area contributed by atoms with Gasteiger partial charge in [-0.05, 0) is 32.0 Å². The van der Waals surface area contributed by atoms with Crippen molar-refractivity contribution in [3.05, 3.63) is 45.9 Å². The Hall–Kier alpha value is -3.44. The van der Waals surface area contributed by atoms with Crippen LogP contribution in [0.5, 0.6) is 5.75 Å². The first-order chi connectivity index (χ1) is 16.8. The van der Waals surface area contributed by atoms with Crippen molar-refractivity contribution in [2.75, 3.05) is 38.2 Å². The minimum absolute atomic E-state index is 0.160. The maximum atomic E-state index is 16.5. The lowest BCUT2D eigenvalue weighted by atomic mass is 9.77. The van der Waals surface area contributed by atoms with Gasteiger partial charge in [-0.1, -0.05) is 11.9 Å². The molecule has 3 heterocycles. The normalized spacial score (nSPS) is 15.1. The predicted molar refractivity (Wildman–Crippen MR) is 138 cm³/mol. The highest BCUT2D eigenvalue weighted by molar-refractivity contribution is 6.35. The van der Waals surface area contributed by atoms with E-state index in [2.05, 4.69) is 11.1 Å². The monoisotopic (exact) mass is 467 g/mol. The van der Waals surface area contributed by atoms with E-state index in [1.165, 1.54) is 7.11 Å². The summed E-state index contributed by atoms with van der Waals surface area (Å²) < 4.78 is 23.9. The molecule has 174 valence electrons. The summed E-state index contributed by atoms with van der Waals surface area (Å²) in [5, 5.41) is 10.7. The van der Waals surface area contributed by atoms with Crippen LogP contribution >= 0.6 is 0 Å². The molecule has 0 amide bonds. The highest BCUT2D eigenvalue weighted by Gasteiger charge is 2.29. The van der Waals surface area contributed by atoms with Crippen LogP contribution in [0.4, 0.5) is 10.1 Å². The molecule has 7 nitrogen and oxygen atoms in total. The van der Waals surface area contributed by atoms with Crippen molar-refractivity contribution < 1.29 is 9.13 Å². The first kappa shape index (κ1) is 23.3. The van der Waals surface area contributed by atoms with E-state index in [1.807, 2.05) is 28.2 Å². The number of aromatic nitrogens is 2. The van der Waals surface area contributed by atoms with Gasteiger partial charge in [-0.3, -0.25) is 4.79 Å². The fourth-order valence-corrected chi connectivity index (χ4v) is 5.14. The van der Waals surface area contributed by atoms with Crippen LogP contribution in [0.15, 0.2) is 29.1 Å². The number of anilines is 1. The summed E-state index contributed by atoms with van der Waals surface area (Å²) in [6.07, 6.45) is 0. The quantitative estimate of drug-likeness (QED) is 0.468. The van der Waals surface area contributed by atoms with Crippen LogP contribution in [0, 0.1) is 17.1 Å². The Morgan fingerprint density at radius 2 is 1.86 bits per heavy atom. The Morgan fingerprint density at radius 1 is 1.14 bits per heavy atom. The van der Waals surface area contributed by atoms with Crippen molar-refractivity contribution in [1.29, 1.82) is 5.26 Å². The zero-order chi connectivity index (χ0) is 25.0. The largest absolute Gasteiger partial charge is 0.494 e. The van der Waals surface area contributed by atoms with Gasteiger partial charge in [-0.15, -0.1) is 0 Å². The second-order valence-corrected chi connectivity index (χ2v) is 9.16. The third kappa shape index (κ3) is 3.57. The molecule has 0 saturated carbocycles. The average Bonchev–Trinajstić information content (AvgIpc) is 3.22. The van der Waals surface area contributed by atoms with E-state index in [0.717, 1.165) is 0 Å². The van der Waals surface area contributed by atoms with Crippen molar-refractivity contribution >= 4 is 54.2 Å². The SMILES string of the molecule is [B]C([B])N1CCN(c2c(OC)cc3c(=O)c4c5ccc(C#N)cc5[nH]c4n(C(C)C)c3c2F)CC1. The van der Waals surface area contributed by atoms with Crippen LogP contribution < -0.4 is 15.1 Å². The summed E-state index contributed by atoms with van der Waals surface area (Å²) in [6, 6.07) is 8.73. The van der Waals surface area contributed by atoms with Gasteiger partial charge in [-0.25, -0.2) is 4.39 Å². The molecule has 5 rings (SSSR count).